The fraction of sp³-hybridized carbons (Fsp3) is 0. The first-order chi connectivity index (χ1) is 2.56. The Morgan fingerprint density at radius 3 is 1.50 bits per heavy atom. The monoisotopic (exact) mass is 151 g/mol. The van der Waals surface area contributed by atoms with E-state index in [9.17, 15) is 0 Å². The van der Waals surface area contributed by atoms with Crippen molar-refractivity contribution in [3.05, 3.63) is 0 Å². The number of nitriles is 1. The van der Waals surface area contributed by atoms with E-state index in [1.165, 1.54) is 0 Å². The van der Waals surface area contributed by atoms with Crippen LogP contribution in [-0.4, -0.2) is 0 Å². The van der Waals surface area contributed by atoms with Gasteiger partial charge in [-0.25, -0.2) is 0 Å². The molecule has 0 bridgehead atoms. The maximum atomic E-state index is 9.11. The summed E-state index contributed by atoms with van der Waals surface area (Å²) in [4.78, 5) is 18.2. The van der Waals surface area contributed by atoms with Crippen LogP contribution in [0, 0.1) is 11.1 Å². The van der Waals surface area contributed by atoms with Gasteiger partial charge in [0.1, 0.15) is 0 Å². The van der Waals surface area contributed by atoms with Gasteiger partial charge in [-0.15, -0.1) is 0 Å². The summed E-state index contributed by atoms with van der Waals surface area (Å²) < 4.78 is 9.11. The van der Waals surface area contributed by atoms with Crippen LogP contribution in [0.15, 0.2) is 0 Å². The van der Waals surface area contributed by atoms with Gasteiger partial charge in [0.25, 0.3) is 0 Å². The van der Waals surface area contributed by atoms with Crippen LogP contribution >= 0.6 is 7.60 Å². The van der Waals surface area contributed by atoms with Crippen LogP contribution in [-0.2, 0) is 4.57 Å². The largest absolute Gasteiger partial charge is 1.00 e. The smallest absolute Gasteiger partial charge is 0.800 e. The van der Waals surface area contributed by atoms with Crippen molar-refractivity contribution < 1.29 is 73.5 Å². The Bertz CT molecular complexity index is 124. The number of hydrogen-bond acceptors (Lipinski definition) is 4. The van der Waals surface area contributed by atoms with Crippen molar-refractivity contribution in [2.24, 2.45) is 0 Å². The second-order valence-corrected chi connectivity index (χ2v) is 1.79. The topological polar surface area (TPSA) is 87.0 Å². The maximum Gasteiger partial charge on any atom is 1.00 e. The van der Waals surface area contributed by atoms with Crippen molar-refractivity contribution in [1.29, 1.82) is 5.26 Å². The summed E-state index contributed by atoms with van der Waals surface area (Å²) in [5.41, 5.74) is 0. The van der Waals surface area contributed by atoms with Gasteiger partial charge in [0.05, 0.1) is 5.81 Å². The Morgan fingerprint density at radius 1 is 1.38 bits per heavy atom. The summed E-state index contributed by atoms with van der Waals surface area (Å²) in [5, 5.41) is 7.26. The molecule has 0 aliphatic carbocycles. The molecule has 0 aliphatic rings. The molecule has 4 nitrogen and oxygen atoms in total. The molecule has 0 aromatic heterocycles. The van der Waals surface area contributed by atoms with Gasteiger partial charge >= 0.3 is 59.1 Å². The fourth-order valence-corrected chi connectivity index (χ4v) is 0. The molecule has 0 unspecified atom stereocenters. The third-order valence-corrected chi connectivity index (χ3v) is 0.367. The van der Waals surface area contributed by atoms with E-state index in [-0.39, 0.29) is 59.1 Å². The predicted octanol–water partition coefficient (Wildman–Crippen LogP) is -7.61. The van der Waals surface area contributed by atoms with Gasteiger partial charge in [-0.3, -0.25) is 0 Å². The molecule has 0 atom stereocenters. The number of rotatable bonds is 0. The van der Waals surface area contributed by atoms with Crippen molar-refractivity contribution in [3.8, 4) is 5.81 Å². The fourth-order valence-electron chi connectivity index (χ4n) is 0. The zero-order valence-corrected chi connectivity index (χ0v) is 9.51. The van der Waals surface area contributed by atoms with E-state index >= 15 is 0 Å². The van der Waals surface area contributed by atoms with Crippen LogP contribution in [0.25, 0.3) is 0 Å². The average Bonchev–Trinajstić information content (AvgIpc) is 1.35. The molecular formula is CNNa2O3P. The molecular weight excluding hydrogens is 151 g/mol. The molecule has 7 heteroatoms. The minimum absolute atomic E-state index is 0. The Morgan fingerprint density at radius 2 is 1.50 bits per heavy atom. The Labute approximate surface area is 91.0 Å². The number of nitrogens with zero attached hydrogens (tertiary/aromatic N) is 1. The first-order valence-electron chi connectivity index (χ1n) is 0.995. The Kier molecular flexibility index (Phi) is 13.8. The minimum Gasteiger partial charge on any atom is -0.800 e. The standard InChI is InChI=1S/CH2NO3P.2Na/c2-1-6(3,4)5;;/h(H2,3,4,5);;/q;2*+1/p-2. The van der Waals surface area contributed by atoms with E-state index in [1.54, 1.807) is 0 Å². The summed E-state index contributed by atoms with van der Waals surface area (Å²) in [6.45, 7) is 0. The molecule has 0 saturated carbocycles. The summed E-state index contributed by atoms with van der Waals surface area (Å²) in [7, 11) is -4.84. The molecule has 0 spiro atoms. The van der Waals surface area contributed by atoms with Gasteiger partial charge in [0.2, 0.25) is 0 Å². The van der Waals surface area contributed by atoms with Crippen molar-refractivity contribution in [2.75, 3.05) is 0 Å². The molecule has 0 heterocycles. The van der Waals surface area contributed by atoms with Gasteiger partial charge in [0, 0.05) is 7.60 Å². The Balaban J connectivity index is -0.000000125. The van der Waals surface area contributed by atoms with E-state index in [4.69, 9.17) is 19.6 Å². The first-order valence-corrected chi connectivity index (χ1v) is 2.54. The van der Waals surface area contributed by atoms with Crippen LogP contribution in [0.1, 0.15) is 0 Å². The molecule has 0 rings (SSSR count). The second kappa shape index (κ2) is 6.76. The normalized spacial score (nSPS) is 7.62. The van der Waals surface area contributed by atoms with E-state index in [0.29, 0.717) is 5.81 Å². The quantitative estimate of drug-likeness (QED) is 0.254. The third kappa shape index (κ3) is 15.6. The van der Waals surface area contributed by atoms with Gasteiger partial charge in [-0.05, 0) is 0 Å². The SMILES string of the molecule is N#CP(=O)([O-])[O-].[Na+].[Na+]. The van der Waals surface area contributed by atoms with Gasteiger partial charge in [-0.1, -0.05) is 0 Å². The molecule has 0 aromatic carbocycles. The van der Waals surface area contributed by atoms with E-state index in [2.05, 4.69) is 0 Å². The summed E-state index contributed by atoms with van der Waals surface area (Å²) in [6, 6.07) is 0. The second-order valence-electron chi connectivity index (χ2n) is 0.597. The van der Waals surface area contributed by atoms with Crippen molar-refractivity contribution >= 4 is 7.60 Å². The molecule has 0 N–H and O–H groups in total. The van der Waals surface area contributed by atoms with Crippen LogP contribution < -0.4 is 68.9 Å². The molecule has 0 aromatic rings. The van der Waals surface area contributed by atoms with Crippen molar-refractivity contribution in [2.45, 2.75) is 0 Å². The zero-order chi connectivity index (χ0) is 5.21. The molecule has 34 valence electrons. The summed E-state index contributed by atoms with van der Waals surface area (Å²) >= 11 is 0. The molecule has 0 amide bonds. The molecule has 0 fully saturated rings. The molecule has 0 saturated heterocycles. The van der Waals surface area contributed by atoms with Crippen LogP contribution in [0.3, 0.4) is 0 Å². The molecule has 0 radical (unpaired) electrons. The van der Waals surface area contributed by atoms with Crippen molar-refractivity contribution in [3.63, 3.8) is 0 Å². The van der Waals surface area contributed by atoms with Gasteiger partial charge < -0.3 is 14.4 Å². The zero-order valence-electron chi connectivity index (χ0n) is 4.62. The van der Waals surface area contributed by atoms with Gasteiger partial charge in [0.15, 0.2) is 0 Å². The van der Waals surface area contributed by atoms with E-state index in [0.717, 1.165) is 0 Å². The van der Waals surface area contributed by atoms with Gasteiger partial charge in [-0.2, -0.15) is 5.26 Å². The number of hydrogen-bond donors (Lipinski definition) is 0. The van der Waals surface area contributed by atoms with Crippen molar-refractivity contribution in [1.82, 2.24) is 0 Å². The molecule has 0 aliphatic heterocycles. The average molecular weight is 151 g/mol. The van der Waals surface area contributed by atoms with Crippen LogP contribution in [0.4, 0.5) is 0 Å². The third-order valence-electron chi connectivity index (χ3n) is 0.122. The first kappa shape index (κ1) is 16.3. The Hall–Kier alpha value is 1.64. The summed E-state index contributed by atoms with van der Waals surface area (Å²) in [5.74, 6) is 0.549. The molecule has 8 heavy (non-hydrogen) atoms. The summed E-state index contributed by atoms with van der Waals surface area (Å²) in [6.07, 6.45) is 0. The minimum atomic E-state index is -4.84. The van der Waals surface area contributed by atoms with E-state index < -0.39 is 7.60 Å². The maximum absolute atomic E-state index is 9.11. The predicted molar refractivity (Wildman–Crippen MR) is 13.2 cm³/mol. The van der Waals surface area contributed by atoms with E-state index in [1.807, 2.05) is 0 Å². The van der Waals surface area contributed by atoms with Crippen LogP contribution in [0.2, 0.25) is 0 Å². The van der Waals surface area contributed by atoms with Crippen LogP contribution in [0.5, 0.6) is 0 Å².